The molecule has 0 N–H and O–H groups in total. The average molecular weight is 526 g/mol. The van der Waals surface area contributed by atoms with E-state index in [4.69, 9.17) is 34.8 Å². The summed E-state index contributed by atoms with van der Waals surface area (Å²) in [6.07, 6.45) is -4.80. The summed E-state index contributed by atoms with van der Waals surface area (Å²) in [4.78, 5) is 29.2. The molecule has 0 saturated heterocycles. The van der Waals surface area contributed by atoms with Crippen molar-refractivity contribution in [3.63, 3.8) is 0 Å². The number of benzene rings is 2. The molecule has 0 fully saturated rings. The van der Waals surface area contributed by atoms with Crippen LogP contribution in [0.2, 0.25) is 15.1 Å². The zero-order valence-corrected chi connectivity index (χ0v) is 17.9. The summed E-state index contributed by atoms with van der Waals surface area (Å²) in [5.74, 6) is -1.27. The number of alkyl halides is 4. The molecule has 29 heavy (non-hydrogen) atoms. The largest absolute Gasteiger partial charge is 0.418 e. The van der Waals surface area contributed by atoms with E-state index in [1.54, 1.807) is 0 Å². The average Bonchev–Trinajstić information content (AvgIpc) is 2.63. The van der Waals surface area contributed by atoms with Crippen molar-refractivity contribution >= 4 is 73.2 Å². The van der Waals surface area contributed by atoms with Crippen molar-refractivity contribution < 1.29 is 22.8 Å². The molecule has 10 heteroatoms. The Bertz CT molecular complexity index is 1150. The number of Topliss-reactive ketones (excluding diaryl/α,β-unsaturated/α-hetero) is 1. The predicted molar refractivity (Wildman–Crippen MR) is 110 cm³/mol. The third-order valence-corrected chi connectivity index (χ3v) is 5.13. The zero-order chi connectivity index (χ0) is 21.5. The summed E-state index contributed by atoms with van der Waals surface area (Å²) >= 11 is 20.6. The fourth-order valence-corrected chi connectivity index (χ4v) is 3.81. The van der Waals surface area contributed by atoms with Gasteiger partial charge in [-0.15, -0.1) is 0 Å². The summed E-state index contributed by atoms with van der Waals surface area (Å²) in [5, 5.41) is -0.149. The second kappa shape index (κ2) is 8.22. The first kappa shape index (κ1) is 22.0. The van der Waals surface area contributed by atoms with E-state index < -0.39 is 28.8 Å². The molecule has 3 nitrogen and oxygen atoms in total. The Hall–Kier alpha value is -1.67. The van der Waals surface area contributed by atoms with Gasteiger partial charge in [-0.25, -0.2) is 4.98 Å². The number of fused-ring (bicyclic) bond motifs is 1. The topological polar surface area (TPSA) is 47.0 Å². The number of carbonyl (C=O) groups excluding carboxylic acids is 2. The van der Waals surface area contributed by atoms with E-state index in [1.807, 2.05) is 0 Å². The lowest BCUT2D eigenvalue weighted by Crippen LogP contribution is -2.13. The van der Waals surface area contributed by atoms with Crippen LogP contribution in [0.3, 0.4) is 0 Å². The highest BCUT2D eigenvalue weighted by Crippen LogP contribution is 2.37. The van der Waals surface area contributed by atoms with E-state index in [0.717, 1.165) is 6.07 Å². The molecular weight excluding hydrogens is 517 g/mol. The van der Waals surface area contributed by atoms with Crippen LogP contribution in [0.25, 0.3) is 10.9 Å². The molecule has 0 aliphatic rings. The molecule has 0 amide bonds. The number of pyridine rings is 1. The molecular formula is C19H8BrCl3F3NO2. The van der Waals surface area contributed by atoms with Crippen molar-refractivity contribution in [1.82, 2.24) is 4.98 Å². The fourth-order valence-electron chi connectivity index (χ4n) is 2.76. The first-order valence-electron chi connectivity index (χ1n) is 7.82. The van der Waals surface area contributed by atoms with Crippen molar-refractivity contribution in [2.45, 2.75) is 6.18 Å². The Morgan fingerprint density at radius 2 is 1.52 bits per heavy atom. The first-order valence-corrected chi connectivity index (χ1v) is 10.1. The third-order valence-electron chi connectivity index (χ3n) is 3.96. The van der Waals surface area contributed by atoms with Crippen LogP contribution in [0.1, 0.15) is 32.0 Å². The number of hydrogen-bond acceptors (Lipinski definition) is 3. The van der Waals surface area contributed by atoms with Crippen LogP contribution in [0.5, 0.6) is 0 Å². The molecule has 0 saturated carbocycles. The quantitative estimate of drug-likeness (QED) is 0.272. The fraction of sp³-hybridized carbons (Fsp3) is 0.105. The molecule has 0 aliphatic carbocycles. The molecule has 0 bridgehead atoms. The van der Waals surface area contributed by atoms with Crippen molar-refractivity contribution in [2.24, 2.45) is 0 Å². The smallest absolute Gasteiger partial charge is 0.293 e. The van der Waals surface area contributed by atoms with Crippen LogP contribution in [-0.4, -0.2) is 21.9 Å². The second-order valence-electron chi connectivity index (χ2n) is 5.95. The summed E-state index contributed by atoms with van der Waals surface area (Å²) in [5.41, 5.74) is -2.15. The van der Waals surface area contributed by atoms with E-state index in [9.17, 15) is 22.8 Å². The van der Waals surface area contributed by atoms with E-state index in [0.29, 0.717) is 6.07 Å². The van der Waals surface area contributed by atoms with Crippen LogP contribution in [0.4, 0.5) is 13.2 Å². The predicted octanol–water partition coefficient (Wildman–Crippen LogP) is 7.02. The van der Waals surface area contributed by atoms with Crippen molar-refractivity contribution in [2.75, 3.05) is 5.33 Å². The number of rotatable bonds is 4. The van der Waals surface area contributed by atoms with Gasteiger partial charge < -0.3 is 0 Å². The van der Waals surface area contributed by atoms with Crippen LogP contribution in [-0.2, 0) is 6.18 Å². The Labute approximate surface area is 185 Å². The first-order chi connectivity index (χ1) is 13.5. The molecule has 3 aromatic rings. The van der Waals surface area contributed by atoms with Crippen LogP contribution >= 0.6 is 50.7 Å². The Kier molecular flexibility index (Phi) is 6.24. The molecule has 3 rings (SSSR count). The highest BCUT2D eigenvalue weighted by atomic mass is 79.9. The van der Waals surface area contributed by atoms with Crippen LogP contribution in [0, 0.1) is 0 Å². The maximum atomic E-state index is 13.6. The van der Waals surface area contributed by atoms with E-state index in [-0.39, 0.29) is 42.6 Å². The second-order valence-corrected chi connectivity index (χ2v) is 7.82. The Morgan fingerprint density at radius 3 is 2.07 bits per heavy atom. The Morgan fingerprint density at radius 1 is 0.931 bits per heavy atom. The van der Waals surface area contributed by atoms with E-state index in [1.165, 1.54) is 24.3 Å². The molecule has 0 unspecified atom stereocenters. The van der Waals surface area contributed by atoms with Gasteiger partial charge in [0.2, 0.25) is 5.78 Å². The van der Waals surface area contributed by atoms with Crippen molar-refractivity contribution in [3.05, 3.63) is 73.9 Å². The molecule has 0 atom stereocenters. The highest BCUT2D eigenvalue weighted by molar-refractivity contribution is 9.09. The molecule has 0 spiro atoms. The number of hydrogen-bond donors (Lipinski definition) is 0. The van der Waals surface area contributed by atoms with Crippen LogP contribution < -0.4 is 0 Å². The minimum atomic E-state index is -4.80. The lowest BCUT2D eigenvalue weighted by molar-refractivity contribution is -0.136. The zero-order valence-electron chi connectivity index (χ0n) is 14.1. The monoisotopic (exact) mass is 523 g/mol. The summed E-state index contributed by atoms with van der Waals surface area (Å²) in [7, 11) is 0. The lowest BCUT2D eigenvalue weighted by Gasteiger charge is -2.14. The van der Waals surface area contributed by atoms with Gasteiger partial charge in [-0.1, -0.05) is 50.7 Å². The minimum absolute atomic E-state index is 0.0223. The highest BCUT2D eigenvalue weighted by Gasteiger charge is 2.35. The normalized spacial score (nSPS) is 11.7. The standard InChI is InChI=1S/C19H8BrCl3F3NO2/c20-7-16(28)12-6-15(18(29)8-1-9(21)3-10(22)2-8)27-17-13(12)4-11(23)5-14(17)19(24,25)26/h1-6H,7H2. The molecule has 150 valence electrons. The molecule has 0 aliphatic heterocycles. The van der Waals surface area contributed by atoms with Gasteiger partial charge in [-0.05, 0) is 36.4 Å². The van der Waals surface area contributed by atoms with Gasteiger partial charge in [-0.3, -0.25) is 9.59 Å². The molecule has 0 radical (unpaired) electrons. The number of nitrogens with zero attached hydrogens (tertiary/aromatic N) is 1. The van der Waals surface area contributed by atoms with E-state index >= 15 is 0 Å². The van der Waals surface area contributed by atoms with Gasteiger partial charge in [0.15, 0.2) is 5.78 Å². The number of halogens is 7. The maximum Gasteiger partial charge on any atom is 0.418 e. The third kappa shape index (κ3) is 4.58. The number of ketones is 2. The lowest BCUT2D eigenvalue weighted by atomic mass is 9.98. The van der Waals surface area contributed by atoms with Gasteiger partial charge in [0.25, 0.3) is 0 Å². The summed E-state index contributed by atoms with van der Waals surface area (Å²) in [6, 6.07) is 7.06. The molecule has 2 aromatic carbocycles. The minimum Gasteiger partial charge on any atom is -0.293 e. The molecule has 1 heterocycles. The van der Waals surface area contributed by atoms with E-state index in [2.05, 4.69) is 20.9 Å². The molecule has 1 aromatic heterocycles. The number of carbonyl (C=O) groups is 2. The maximum absolute atomic E-state index is 13.6. The van der Waals surface area contributed by atoms with Gasteiger partial charge in [0.05, 0.1) is 16.4 Å². The Balaban J connectivity index is 2.35. The van der Waals surface area contributed by atoms with Crippen molar-refractivity contribution in [1.29, 1.82) is 0 Å². The van der Waals surface area contributed by atoms with Crippen molar-refractivity contribution in [3.8, 4) is 0 Å². The summed E-state index contributed by atoms with van der Waals surface area (Å²) in [6.45, 7) is 0. The van der Waals surface area contributed by atoms with Gasteiger partial charge >= 0.3 is 6.18 Å². The van der Waals surface area contributed by atoms with Gasteiger partial charge in [0, 0.05) is 31.6 Å². The summed E-state index contributed by atoms with van der Waals surface area (Å²) < 4.78 is 40.7. The SMILES string of the molecule is O=C(c1cc(Cl)cc(Cl)c1)c1cc(C(=O)CBr)c2cc(Cl)cc(C(F)(F)F)c2n1. The van der Waals surface area contributed by atoms with Crippen LogP contribution in [0.15, 0.2) is 36.4 Å². The van der Waals surface area contributed by atoms with Gasteiger partial charge in [-0.2, -0.15) is 13.2 Å². The van der Waals surface area contributed by atoms with Gasteiger partial charge in [0.1, 0.15) is 5.69 Å². The number of aromatic nitrogens is 1.